The molecule has 0 amide bonds. The molecule has 0 spiro atoms. The molecular weight excluding hydrogens is 230 g/mol. The van der Waals surface area contributed by atoms with Gasteiger partial charge in [-0.3, -0.25) is 0 Å². The summed E-state index contributed by atoms with van der Waals surface area (Å²) < 4.78 is 2.00. The third-order valence-electron chi connectivity index (χ3n) is 1.95. The van der Waals surface area contributed by atoms with E-state index in [2.05, 4.69) is 40.1 Å². The average molecular weight is 246 g/mol. The monoisotopic (exact) mass is 245 g/mol. The minimum absolute atomic E-state index is 0.647. The molecule has 1 aromatic heterocycles. The van der Waals surface area contributed by atoms with Crippen molar-refractivity contribution in [3.63, 3.8) is 0 Å². The molecule has 0 aliphatic rings. The molecular formula is C9H16BrN3. The van der Waals surface area contributed by atoms with Crippen molar-refractivity contribution < 1.29 is 0 Å². The molecule has 1 atom stereocenters. The van der Waals surface area contributed by atoms with Crippen LogP contribution >= 0.6 is 15.9 Å². The second kappa shape index (κ2) is 5.37. The number of halogens is 1. The van der Waals surface area contributed by atoms with Gasteiger partial charge in [-0.05, 0) is 18.8 Å². The van der Waals surface area contributed by atoms with Gasteiger partial charge in [0.15, 0.2) is 0 Å². The maximum absolute atomic E-state index is 4.04. The Labute approximate surface area is 87.6 Å². The number of hydrogen-bond donors (Lipinski definition) is 0. The van der Waals surface area contributed by atoms with Gasteiger partial charge in [-0.25, -0.2) is 4.68 Å². The largest absolute Gasteiger partial charge is 0.249 e. The molecule has 0 aliphatic carbocycles. The van der Waals surface area contributed by atoms with Gasteiger partial charge in [0.2, 0.25) is 0 Å². The first-order valence-corrected chi connectivity index (χ1v) is 5.83. The van der Waals surface area contributed by atoms with Crippen LogP contribution in [0.2, 0.25) is 0 Å². The van der Waals surface area contributed by atoms with Crippen LogP contribution in [0.4, 0.5) is 0 Å². The molecule has 0 aromatic carbocycles. The highest BCUT2D eigenvalue weighted by molar-refractivity contribution is 9.09. The van der Waals surface area contributed by atoms with Crippen LogP contribution < -0.4 is 0 Å². The zero-order valence-electron chi connectivity index (χ0n) is 8.20. The summed E-state index contributed by atoms with van der Waals surface area (Å²) in [5.41, 5.74) is 1.24. The molecule has 0 fully saturated rings. The summed E-state index contributed by atoms with van der Waals surface area (Å²) >= 11 is 3.47. The third-order valence-corrected chi connectivity index (χ3v) is 3.06. The van der Waals surface area contributed by atoms with Crippen molar-refractivity contribution in [1.82, 2.24) is 15.0 Å². The zero-order valence-corrected chi connectivity index (χ0v) is 9.79. The lowest BCUT2D eigenvalue weighted by atomic mass is 10.1. The highest BCUT2D eigenvalue weighted by Gasteiger charge is 2.07. The average Bonchev–Trinajstić information content (AvgIpc) is 2.54. The summed E-state index contributed by atoms with van der Waals surface area (Å²) in [5.74, 6) is 0.647. The molecule has 1 unspecified atom stereocenters. The molecule has 4 heteroatoms. The van der Waals surface area contributed by atoms with Crippen molar-refractivity contribution >= 4 is 15.9 Å². The smallest absolute Gasteiger partial charge is 0.0725 e. The fourth-order valence-corrected chi connectivity index (χ4v) is 1.48. The van der Waals surface area contributed by atoms with Crippen LogP contribution in [-0.4, -0.2) is 20.3 Å². The Morgan fingerprint density at radius 2 is 2.38 bits per heavy atom. The van der Waals surface area contributed by atoms with Gasteiger partial charge < -0.3 is 0 Å². The molecule has 74 valence electrons. The van der Waals surface area contributed by atoms with E-state index in [0.717, 1.165) is 24.7 Å². The van der Waals surface area contributed by atoms with Gasteiger partial charge in [0.05, 0.1) is 11.9 Å². The molecule has 0 radical (unpaired) electrons. The summed E-state index contributed by atoms with van der Waals surface area (Å²) in [6.07, 6.45) is 4.03. The Balaban J connectivity index is 2.59. The lowest BCUT2D eigenvalue weighted by molar-refractivity contribution is 0.530. The number of hydrogen-bond acceptors (Lipinski definition) is 2. The Kier molecular flexibility index (Phi) is 4.42. The van der Waals surface area contributed by atoms with Gasteiger partial charge >= 0.3 is 0 Å². The van der Waals surface area contributed by atoms with Crippen molar-refractivity contribution in [2.75, 3.05) is 5.33 Å². The van der Waals surface area contributed by atoms with Crippen LogP contribution in [0.3, 0.4) is 0 Å². The Hall–Kier alpha value is -0.380. The maximum atomic E-state index is 4.04. The minimum Gasteiger partial charge on any atom is -0.249 e. The second-order valence-corrected chi connectivity index (χ2v) is 4.06. The van der Waals surface area contributed by atoms with Crippen molar-refractivity contribution in [3.05, 3.63) is 11.9 Å². The summed E-state index contributed by atoms with van der Waals surface area (Å²) in [6.45, 7) is 5.35. The zero-order chi connectivity index (χ0) is 9.68. The van der Waals surface area contributed by atoms with E-state index in [-0.39, 0.29) is 0 Å². The summed E-state index contributed by atoms with van der Waals surface area (Å²) in [7, 11) is 0. The quantitative estimate of drug-likeness (QED) is 0.746. The van der Waals surface area contributed by atoms with Crippen LogP contribution in [0.15, 0.2) is 6.20 Å². The number of alkyl halides is 1. The lowest BCUT2D eigenvalue weighted by Gasteiger charge is -2.08. The maximum Gasteiger partial charge on any atom is 0.0725 e. The van der Waals surface area contributed by atoms with Crippen molar-refractivity contribution in [2.24, 2.45) is 5.92 Å². The highest BCUT2D eigenvalue weighted by Crippen LogP contribution is 2.09. The predicted octanol–water partition coefficient (Wildman–Crippen LogP) is 2.26. The lowest BCUT2D eigenvalue weighted by Crippen LogP contribution is -2.09. The molecule has 13 heavy (non-hydrogen) atoms. The van der Waals surface area contributed by atoms with Gasteiger partial charge in [0.1, 0.15) is 0 Å². The Morgan fingerprint density at radius 1 is 1.62 bits per heavy atom. The number of aryl methyl sites for hydroxylation is 1. The van der Waals surface area contributed by atoms with E-state index < -0.39 is 0 Å². The first-order valence-electron chi connectivity index (χ1n) is 4.71. The predicted molar refractivity (Wildman–Crippen MR) is 57.0 cm³/mol. The van der Waals surface area contributed by atoms with Crippen molar-refractivity contribution in [2.45, 2.75) is 33.2 Å². The SMILES string of the molecule is CCCn1nncc1CC(C)CBr. The fraction of sp³-hybridized carbons (Fsp3) is 0.778. The van der Waals surface area contributed by atoms with Gasteiger partial charge in [-0.2, -0.15) is 0 Å². The molecule has 3 nitrogen and oxygen atoms in total. The minimum atomic E-state index is 0.647. The molecule has 0 N–H and O–H groups in total. The first kappa shape index (κ1) is 10.7. The van der Waals surface area contributed by atoms with Crippen molar-refractivity contribution in [1.29, 1.82) is 0 Å². The third kappa shape index (κ3) is 3.10. The van der Waals surface area contributed by atoms with E-state index in [0.29, 0.717) is 5.92 Å². The van der Waals surface area contributed by atoms with E-state index in [4.69, 9.17) is 0 Å². The summed E-state index contributed by atoms with van der Waals surface area (Å²) in [5, 5.41) is 9.00. The molecule has 0 saturated carbocycles. The number of nitrogens with zero attached hydrogens (tertiary/aromatic N) is 3. The van der Waals surface area contributed by atoms with E-state index in [9.17, 15) is 0 Å². The molecule has 0 bridgehead atoms. The number of rotatable bonds is 5. The molecule has 1 heterocycles. The van der Waals surface area contributed by atoms with E-state index in [1.54, 1.807) is 0 Å². The van der Waals surface area contributed by atoms with Crippen LogP contribution in [0.5, 0.6) is 0 Å². The summed E-state index contributed by atoms with van der Waals surface area (Å²) in [4.78, 5) is 0. The van der Waals surface area contributed by atoms with Gasteiger partial charge in [-0.1, -0.05) is 35.0 Å². The van der Waals surface area contributed by atoms with Crippen LogP contribution in [0, 0.1) is 5.92 Å². The highest BCUT2D eigenvalue weighted by atomic mass is 79.9. The molecule has 0 saturated heterocycles. The first-order chi connectivity index (χ1) is 6.27. The molecule has 1 rings (SSSR count). The Bertz CT molecular complexity index is 247. The van der Waals surface area contributed by atoms with E-state index in [1.807, 2.05) is 10.9 Å². The molecule has 0 aliphatic heterocycles. The van der Waals surface area contributed by atoms with Gasteiger partial charge in [0.25, 0.3) is 0 Å². The standard InChI is InChI=1S/C9H16BrN3/c1-3-4-13-9(7-11-12-13)5-8(2)6-10/h7-8H,3-6H2,1-2H3. The normalized spacial score (nSPS) is 13.2. The van der Waals surface area contributed by atoms with Crippen LogP contribution in [0.1, 0.15) is 26.0 Å². The van der Waals surface area contributed by atoms with Crippen molar-refractivity contribution in [3.8, 4) is 0 Å². The second-order valence-electron chi connectivity index (χ2n) is 3.41. The number of aromatic nitrogens is 3. The van der Waals surface area contributed by atoms with Crippen LogP contribution in [-0.2, 0) is 13.0 Å². The van der Waals surface area contributed by atoms with Crippen LogP contribution in [0.25, 0.3) is 0 Å². The van der Waals surface area contributed by atoms with E-state index in [1.165, 1.54) is 5.69 Å². The van der Waals surface area contributed by atoms with Gasteiger partial charge in [0, 0.05) is 11.9 Å². The van der Waals surface area contributed by atoms with E-state index >= 15 is 0 Å². The molecule has 1 aromatic rings. The van der Waals surface area contributed by atoms with Gasteiger partial charge in [-0.15, -0.1) is 5.10 Å². The Morgan fingerprint density at radius 3 is 3.00 bits per heavy atom. The fourth-order valence-electron chi connectivity index (χ4n) is 1.25. The topological polar surface area (TPSA) is 30.7 Å². The summed E-state index contributed by atoms with van der Waals surface area (Å²) in [6, 6.07) is 0.